The first-order chi connectivity index (χ1) is 10.6. The van der Waals surface area contributed by atoms with Crippen LogP contribution in [0.1, 0.15) is 24.0 Å². The van der Waals surface area contributed by atoms with E-state index in [1.165, 1.54) is 5.56 Å². The maximum absolute atomic E-state index is 12.8. The molecule has 1 saturated carbocycles. The van der Waals surface area contributed by atoms with E-state index in [1.54, 1.807) is 12.4 Å². The standard InChI is InChI=1S/C18H19ClN2O/c1-21(12-7-14-5-10-20-11-6-14)17(22)18(8-9-18)15-3-2-4-16(19)13-15/h2-6,10-11,13H,7-9,12H2,1H3. The van der Waals surface area contributed by atoms with Crippen LogP contribution in [-0.2, 0) is 16.6 Å². The van der Waals surface area contributed by atoms with Gasteiger partial charge in [0.15, 0.2) is 0 Å². The normalized spacial score (nSPS) is 15.4. The molecule has 1 aliphatic rings. The largest absolute Gasteiger partial charge is 0.345 e. The predicted molar refractivity (Wildman–Crippen MR) is 87.9 cm³/mol. The number of benzene rings is 1. The third-order valence-corrected chi connectivity index (χ3v) is 4.60. The zero-order valence-corrected chi connectivity index (χ0v) is 13.4. The average molecular weight is 315 g/mol. The first-order valence-corrected chi connectivity index (χ1v) is 7.90. The number of hydrogen-bond acceptors (Lipinski definition) is 2. The maximum atomic E-state index is 12.8. The summed E-state index contributed by atoms with van der Waals surface area (Å²) < 4.78 is 0. The van der Waals surface area contributed by atoms with Crippen molar-refractivity contribution >= 4 is 17.5 Å². The zero-order chi connectivity index (χ0) is 15.6. The van der Waals surface area contributed by atoms with Gasteiger partial charge in [0.2, 0.25) is 5.91 Å². The van der Waals surface area contributed by atoms with Crippen molar-refractivity contribution in [2.45, 2.75) is 24.7 Å². The maximum Gasteiger partial charge on any atom is 0.232 e. The molecule has 4 heteroatoms. The molecule has 0 bridgehead atoms. The Morgan fingerprint density at radius 2 is 2.00 bits per heavy atom. The molecule has 0 atom stereocenters. The summed E-state index contributed by atoms with van der Waals surface area (Å²) in [5.41, 5.74) is 1.89. The van der Waals surface area contributed by atoms with Gasteiger partial charge in [-0.15, -0.1) is 0 Å². The molecule has 3 rings (SSSR count). The third kappa shape index (κ3) is 3.00. The molecule has 0 unspecified atom stereocenters. The molecule has 1 fully saturated rings. The highest BCUT2D eigenvalue weighted by atomic mass is 35.5. The van der Waals surface area contributed by atoms with Crippen LogP contribution in [-0.4, -0.2) is 29.4 Å². The van der Waals surface area contributed by atoms with Crippen LogP contribution in [0, 0.1) is 0 Å². The van der Waals surface area contributed by atoms with Gasteiger partial charge in [0, 0.05) is 31.0 Å². The SMILES string of the molecule is CN(CCc1ccncc1)C(=O)C1(c2cccc(Cl)c2)CC1. The van der Waals surface area contributed by atoms with Gasteiger partial charge in [-0.05, 0) is 54.7 Å². The van der Waals surface area contributed by atoms with Crippen molar-refractivity contribution in [1.29, 1.82) is 0 Å². The second-order valence-electron chi connectivity index (χ2n) is 5.92. The Balaban J connectivity index is 1.68. The van der Waals surface area contributed by atoms with E-state index in [2.05, 4.69) is 4.98 Å². The number of halogens is 1. The molecule has 1 heterocycles. The number of carbonyl (C=O) groups excluding carboxylic acids is 1. The summed E-state index contributed by atoms with van der Waals surface area (Å²) in [5, 5.41) is 0.691. The van der Waals surface area contributed by atoms with Crippen LogP contribution in [0.15, 0.2) is 48.8 Å². The van der Waals surface area contributed by atoms with Crippen molar-refractivity contribution in [3.8, 4) is 0 Å². The van der Waals surface area contributed by atoms with Crippen LogP contribution in [0.2, 0.25) is 5.02 Å². The van der Waals surface area contributed by atoms with Crippen LogP contribution in [0.4, 0.5) is 0 Å². The van der Waals surface area contributed by atoms with Crippen molar-refractivity contribution in [3.63, 3.8) is 0 Å². The van der Waals surface area contributed by atoms with Crippen molar-refractivity contribution in [2.75, 3.05) is 13.6 Å². The summed E-state index contributed by atoms with van der Waals surface area (Å²) in [6.07, 6.45) is 6.23. The summed E-state index contributed by atoms with van der Waals surface area (Å²) in [6, 6.07) is 11.7. The predicted octanol–water partition coefficient (Wildman–Crippen LogP) is 3.47. The Labute approximate surface area is 135 Å². The van der Waals surface area contributed by atoms with E-state index in [1.807, 2.05) is 48.3 Å². The Hall–Kier alpha value is -1.87. The lowest BCUT2D eigenvalue weighted by atomic mass is 9.94. The molecule has 0 aliphatic heterocycles. The smallest absolute Gasteiger partial charge is 0.232 e. The van der Waals surface area contributed by atoms with Crippen molar-refractivity contribution in [1.82, 2.24) is 9.88 Å². The molecule has 1 aromatic heterocycles. The van der Waals surface area contributed by atoms with Gasteiger partial charge in [-0.25, -0.2) is 0 Å². The Morgan fingerprint density at radius 1 is 1.27 bits per heavy atom. The molecule has 1 aromatic carbocycles. The second-order valence-corrected chi connectivity index (χ2v) is 6.36. The molecular formula is C18H19ClN2O. The summed E-state index contributed by atoms with van der Waals surface area (Å²) in [5.74, 6) is 0.198. The van der Waals surface area contributed by atoms with Gasteiger partial charge in [-0.2, -0.15) is 0 Å². The molecule has 0 saturated heterocycles. The Bertz CT molecular complexity index is 668. The molecule has 0 N–H and O–H groups in total. The van der Waals surface area contributed by atoms with E-state index in [0.717, 1.165) is 24.8 Å². The second kappa shape index (κ2) is 6.09. The lowest BCUT2D eigenvalue weighted by Crippen LogP contribution is -2.37. The zero-order valence-electron chi connectivity index (χ0n) is 12.6. The van der Waals surface area contributed by atoms with Gasteiger partial charge in [-0.3, -0.25) is 9.78 Å². The van der Waals surface area contributed by atoms with E-state index < -0.39 is 0 Å². The fourth-order valence-electron chi connectivity index (χ4n) is 2.85. The highest BCUT2D eigenvalue weighted by molar-refractivity contribution is 6.30. The molecule has 1 aliphatic carbocycles. The van der Waals surface area contributed by atoms with Crippen molar-refractivity contribution in [2.24, 2.45) is 0 Å². The number of rotatable bonds is 5. The number of carbonyl (C=O) groups is 1. The first kappa shape index (κ1) is 15.0. The minimum atomic E-state index is -0.349. The van der Waals surface area contributed by atoms with Gasteiger partial charge in [-0.1, -0.05) is 23.7 Å². The fraction of sp³-hybridized carbons (Fsp3) is 0.333. The fourth-order valence-corrected chi connectivity index (χ4v) is 3.04. The van der Waals surface area contributed by atoms with Crippen molar-refractivity contribution < 1.29 is 4.79 Å². The third-order valence-electron chi connectivity index (χ3n) is 4.37. The lowest BCUT2D eigenvalue weighted by Gasteiger charge is -2.24. The Morgan fingerprint density at radius 3 is 2.64 bits per heavy atom. The summed E-state index contributed by atoms with van der Waals surface area (Å²) in [6.45, 7) is 0.713. The van der Waals surface area contributed by atoms with Crippen LogP contribution in [0.5, 0.6) is 0 Å². The van der Waals surface area contributed by atoms with Crippen LogP contribution >= 0.6 is 11.6 Å². The van der Waals surface area contributed by atoms with E-state index >= 15 is 0 Å². The van der Waals surface area contributed by atoms with Crippen LogP contribution in [0.3, 0.4) is 0 Å². The van der Waals surface area contributed by atoms with Crippen LogP contribution in [0.25, 0.3) is 0 Å². The number of pyridine rings is 1. The summed E-state index contributed by atoms with van der Waals surface area (Å²) in [7, 11) is 1.88. The molecule has 3 nitrogen and oxygen atoms in total. The number of hydrogen-bond donors (Lipinski definition) is 0. The van der Waals surface area contributed by atoms with Crippen molar-refractivity contribution in [3.05, 3.63) is 64.9 Å². The van der Waals surface area contributed by atoms with E-state index in [4.69, 9.17) is 11.6 Å². The lowest BCUT2D eigenvalue weighted by molar-refractivity contribution is -0.132. The topological polar surface area (TPSA) is 33.2 Å². The van der Waals surface area contributed by atoms with Gasteiger partial charge in [0.05, 0.1) is 5.41 Å². The number of likely N-dealkylation sites (N-methyl/N-ethyl adjacent to an activating group) is 1. The van der Waals surface area contributed by atoms with Crippen LogP contribution < -0.4 is 0 Å². The molecule has 2 aromatic rings. The highest BCUT2D eigenvalue weighted by Gasteiger charge is 2.52. The van der Waals surface area contributed by atoms with E-state index in [0.29, 0.717) is 11.6 Å². The molecule has 1 amide bonds. The number of aromatic nitrogens is 1. The number of amides is 1. The highest BCUT2D eigenvalue weighted by Crippen LogP contribution is 2.49. The van der Waals surface area contributed by atoms with Gasteiger partial charge >= 0.3 is 0 Å². The van der Waals surface area contributed by atoms with E-state index in [-0.39, 0.29) is 11.3 Å². The average Bonchev–Trinajstić information content (AvgIpc) is 3.35. The minimum Gasteiger partial charge on any atom is -0.345 e. The van der Waals surface area contributed by atoms with Gasteiger partial charge in [0.1, 0.15) is 0 Å². The van der Waals surface area contributed by atoms with E-state index in [9.17, 15) is 4.79 Å². The molecule has 0 radical (unpaired) electrons. The minimum absolute atomic E-state index is 0.198. The molecule has 114 valence electrons. The summed E-state index contributed by atoms with van der Waals surface area (Å²) >= 11 is 6.07. The first-order valence-electron chi connectivity index (χ1n) is 7.52. The van der Waals surface area contributed by atoms with Gasteiger partial charge in [0.25, 0.3) is 0 Å². The molecule has 22 heavy (non-hydrogen) atoms. The monoisotopic (exact) mass is 314 g/mol. The number of nitrogens with zero attached hydrogens (tertiary/aromatic N) is 2. The molecule has 0 spiro atoms. The quantitative estimate of drug-likeness (QED) is 0.846. The summed E-state index contributed by atoms with van der Waals surface area (Å²) in [4.78, 5) is 18.7. The van der Waals surface area contributed by atoms with Gasteiger partial charge < -0.3 is 4.90 Å². The molecular weight excluding hydrogens is 296 g/mol. The Kier molecular flexibility index (Phi) is 4.16.